The minimum absolute atomic E-state index is 0.115. The van der Waals surface area contributed by atoms with Crippen LogP contribution in [0.1, 0.15) is 41.4 Å². The zero-order valence-corrected chi connectivity index (χ0v) is 15.8. The van der Waals surface area contributed by atoms with Crippen LogP contribution in [-0.4, -0.2) is 30.6 Å². The number of hydrogen-bond acceptors (Lipinski definition) is 5. The summed E-state index contributed by atoms with van der Waals surface area (Å²) in [5.74, 6) is 2.58. The number of benzene rings is 1. The lowest BCUT2D eigenvalue weighted by atomic mass is 9.90. The fraction of sp³-hybridized carbons (Fsp3) is 0.500. The van der Waals surface area contributed by atoms with Gasteiger partial charge in [-0.05, 0) is 49.3 Å². The molecule has 6 heteroatoms. The van der Waals surface area contributed by atoms with Crippen molar-refractivity contribution < 1.29 is 14.3 Å². The van der Waals surface area contributed by atoms with Gasteiger partial charge in [0.05, 0.1) is 10.7 Å². The lowest BCUT2D eigenvalue weighted by Gasteiger charge is -2.22. The van der Waals surface area contributed by atoms with E-state index in [0.29, 0.717) is 32.1 Å². The first-order valence-electron chi connectivity index (χ1n) is 9.26. The number of carbonyl (C=O) groups is 1. The number of amides is 1. The summed E-state index contributed by atoms with van der Waals surface area (Å²) in [6, 6.07) is 6.12. The summed E-state index contributed by atoms with van der Waals surface area (Å²) in [6.07, 6.45) is 3.71. The van der Waals surface area contributed by atoms with Gasteiger partial charge < -0.3 is 14.8 Å². The molecular weight excluding hydrogens is 348 g/mol. The second-order valence-corrected chi connectivity index (χ2v) is 8.07. The summed E-state index contributed by atoms with van der Waals surface area (Å²) >= 11 is 1.65. The number of nitrogens with one attached hydrogen (secondary N) is 1. The quantitative estimate of drug-likeness (QED) is 0.808. The van der Waals surface area contributed by atoms with E-state index in [1.165, 1.54) is 18.4 Å². The molecule has 5 nitrogen and oxygen atoms in total. The van der Waals surface area contributed by atoms with Crippen molar-refractivity contribution in [2.45, 2.75) is 38.5 Å². The maximum absolute atomic E-state index is 12.5. The van der Waals surface area contributed by atoms with Crippen molar-refractivity contribution in [3.8, 4) is 11.5 Å². The highest BCUT2D eigenvalue weighted by Crippen LogP contribution is 2.46. The number of nitrogens with zero attached hydrogens (tertiary/aromatic N) is 1. The van der Waals surface area contributed by atoms with Gasteiger partial charge in [0.1, 0.15) is 13.2 Å². The van der Waals surface area contributed by atoms with Gasteiger partial charge in [0, 0.05) is 24.8 Å². The van der Waals surface area contributed by atoms with E-state index in [1.807, 2.05) is 13.0 Å². The molecule has 2 heterocycles. The Morgan fingerprint density at radius 3 is 2.85 bits per heavy atom. The largest absolute Gasteiger partial charge is 0.486 e. The molecule has 1 aliphatic heterocycles. The summed E-state index contributed by atoms with van der Waals surface area (Å²) in [7, 11) is 0. The number of thiazole rings is 1. The number of hydrogen-bond donors (Lipinski definition) is 1. The molecule has 1 fully saturated rings. The van der Waals surface area contributed by atoms with E-state index >= 15 is 0 Å². The zero-order chi connectivity index (χ0) is 17.9. The molecule has 1 aromatic carbocycles. The maximum Gasteiger partial charge on any atom is 0.220 e. The van der Waals surface area contributed by atoms with Crippen LogP contribution in [0.25, 0.3) is 0 Å². The van der Waals surface area contributed by atoms with Crippen LogP contribution in [0.15, 0.2) is 23.6 Å². The number of carbonyl (C=O) groups excluding carboxylic acids is 1. The van der Waals surface area contributed by atoms with Crippen molar-refractivity contribution in [3.05, 3.63) is 39.8 Å². The van der Waals surface area contributed by atoms with Gasteiger partial charge in [0.15, 0.2) is 11.5 Å². The van der Waals surface area contributed by atoms with E-state index in [0.717, 1.165) is 28.6 Å². The number of aryl methyl sites for hydroxylation is 1. The van der Waals surface area contributed by atoms with Crippen molar-refractivity contribution in [1.29, 1.82) is 0 Å². The monoisotopic (exact) mass is 372 g/mol. The minimum atomic E-state index is 0.115. The fourth-order valence-corrected chi connectivity index (χ4v) is 4.12. The first-order valence-corrected chi connectivity index (χ1v) is 10.1. The van der Waals surface area contributed by atoms with Crippen molar-refractivity contribution in [1.82, 2.24) is 10.3 Å². The van der Waals surface area contributed by atoms with Gasteiger partial charge in [-0.3, -0.25) is 4.79 Å². The molecule has 0 radical (unpaired) electrons. The highest BCUT2D eigenvalue weighted by atomic mass is 32.1. The average Bonchev–Trinajstić information content (AvgIpc) is 3.41. The maximum atomic E-state index is 12.5. The van der Waals surface area contributed by atoms with E-state index in [4.69, 9.17) is 9.47 Å². The van der Waals surface area contributed by atoms with Crippen LogP contribution in [0, 0.1) is 12.8 Å². The average molecular weight is 372 g/mol. The summed E-state index contributed by atoms with van der Waals surface area (Å²) in [6.45, 7) is 3.82. The Bertz CT molecular complexity index is 785. The standard InChI is InChI=1S/C20H24N2O3S/c1-13-22-16(12-26-13)6-7-21-20(23)11-17(14-2-3-14)15-4-5-18-19(10-15)25-9-8-24-18/h4-5,10,12,14,17H,2-3,6-9,11H2,1H3,(H,21,23). The van der Waals surface area contributed by atoms with Crippen molar-refractivity contribution in [2.75, 3.05) is 19.8 Å². The fourth-order valence-electron chi connectivity index (χ4n) is 3.47. The van der Waals surface area contributed by atoms with E-state index in [1.54, 1.807) is 11.3 Å². The Hall–Kier alpha value is -2.08. The Morgan fingerprint density at radius 2 is 2.12 bits per heavy atom. The molecule has 1 saturated carbocycles. The number of ether oxygens (including phenoxy) is 2. The number of rotatable bonds is 7. The van der Waals surface area contributed by atoms with E-state index in [9.17, 15) is 4.79 Å². The van der Waals surface area contributed by atoms with Gasteiger partial charge >= 0.3 is 0 Å². The SMILES string of the molecule is Cc1nc(CCNC(=O)CC(c2ccc3c(c2)OCCO3)C2CC2)cs1. The van der Waals surface area contributed by atoms with Crippen molar-refractivity contribution in [2.24, 2.45) is 5.92 Å². The number of fused-ring (bicyclic) bond motifs is 1. The summed E-state index contributed by atoms with van der Waals surface area (Å²) in [4.78, 5) is 16.9. The van der Waals surface area contributed by atoms with E-state index < -0.39 is 0 Å². The van der Waals surface area contributed by atoms with Crippen LogP contribution in [0.2, 0.25) is 0 Å². The molecule has 1 aliphatic carbocycles. The molecule has 2 aliphatic rings. The Labute approximate surface area is 157 Å². The van der Waals surface area contributed by atoms with Gasteiger partial charge in [-0.1, -0.05) is 6.07 Å². The van der Waals surface area contributed by atoms with Gasteiger partial charge in [0.2, 0.25) is 5.91 Å². The molecule has 1 atom stereocenters. The molecule has 0 spiro atoms. The molecule has 1 amide bonds. The second kappa shape index (κ2) is 7.66. The van der Waals surface area contributed by atoms with Crippen molar-refractivity contribution in [3.63, 3.8) is 0 Å². The smallest absolute Gasteiger partial charge is 0.220 e. The molecular formula is C20H24N2O3S. The van der Waals surface area contributed by atoms with Gasteiger partial charge in [-0.15, -0.1) is 11.3 Å². The Kier molecular flexibility index (Phi) is 5.11. The van der Waals surface area contributed by atoms with Crippen LogP contribution < -0.4 is 14.8 Å². The zero-order valence-electron chi connectivity index (χ0n) is 15.0. The molecule has 4 rings (SSSR count). The molecule has 26 heavy (non-hydrogen) atoms. The van der Waals surface area contributed by atoms with Gasteiger partial charge in [0.25, 0.3) is 0 Å². The van der Waals surface area contributed by atoms with Crippen LogP contribution in [0.3, 0.4) is 0 Å². The predicted molar refractivity (Wildman–Crippen MR) is 101 cm³/mol. The topological polar surface area (TPSA) is 60.5 Å². The molecule has 138 valence electrons. The van der Waals surface area contributed by atoms with Gasteiger partial charge in [-0.25, -0.2) is 4.98 Å². The van der Waals surface area contributed by atoms with Gasteiger partial charge in [-0.2, -0.15) is 0 Å². The molecule has 1 unspecified atom stereocenters. The van der Waals surface area contributed by atoms with Crippen LogP contribution >= 0.6 is 11.3 Å². The molecule has 0 bridgehead atoms. The molecule has 1 aromatic heterocycles. The minimum Gasteiger partial charge on any atom is -0.486 e. The molecule has 0 saturated heterocycles. The third-order valence-electron chi connectivity index (χ3n) is 4.96. The molecule has 2 aromatic rings. The normalized spacial score (nSPS) is 17.0. The van der Waals surface area contributed by atoms with Crippen LogP contribution in [0.4, 0.5) is 0 Å². The molecule has 1 N–H and O–H groups in total. The number of aromatic nitrogens is 1. The van der Waals surface area contributed by atoms with E-state index in [-0.39, 0.29) is 11.8 Å². The predicted octanol–water partition coefficient (Wildman–Crippen LogP) is 3.47. The lowest BCUT2D eigenvalue weighted by Crippen LogP contribution is -2.27. The third kappa shape index (κ3) is 4.18. The Balaban J connectivity index is 1.35. The lowest BCUT2D eigenvalue weighted by molar-refractivity contribution is -0.121. The first-order chi connectivity index (χ1) is 12.7. The summed E-state index contributed by atoms with van der Waals surface area (Å²) in [5.41, 5.74) is 2.24. The van der Waals surface area contributed by atoms with E-state index in [2.05, 4.69) is 27.8 Å². The third-order valence-corrected chi connectivity index (χ3v) is 5.78. The summed E-state index contributed by atoms with van der Waals surface area (Å²) < 4.78 is 11.3. The van der Waals surface area contributed by atoms with Crippen LogP contribution in [0.5, 0.6) is 11.5 Å². The Morgan fingerprint density at radius 1 is 1.31 bits per heavy atom. The first kappa shape index (κ1) is 17.3. The summed E-state index contributed by atoms with van der Waals surface area (Å²) in [5, 5.41) is 6.18. The highest BCUT2D eigenvalue weighted by molar-refractivity contribution is 7.09. The second-order valence-electron chi connectivity index (χ2n) is 7.01. The van der Waals surface area contributed by atoms with Crippen LogP contribution in [-0.2, 0) is 11.2 Å². The highest BCUT2D eigenvalue weighted by Gasteiger charge is 2.34. The van der Waals surface area contributed by atoms with Crippen molar-refractivity contribution >= 4 is 17.2 Å².